The molecule has 100 valence electrons. The maximum absolute atomic E-state index is 11.3. The normalized spacial score (nSPS) is 21.9. The topological polar surface area (TPSA) is 96.4 Å². The van der Waals surface area contributed by atoms with Crippen molar-refractivity contribution >= 4 is 32.3 Å². The Morgan fingerprint density at radius 3 is 2.83 bits per heavy atom. The lowest BCUT2D eigenvalue weighted by Crippen LogP contribution is -2.15. The van der Waals surface area contributed by atoms with Crippen LogP contribution in [0.3, 0.4) is 0 Å². The molecule has 0 amide bonds. The van der Waals surface area contributed by atoms with E-state index in [-0.39, 0.29) is 22.3 Å². The number of aryl methyl sites for hydroxylation is 1. The molecule has 0 radical (unpaired) electrons. The van der Waals surface area contributed by atoms with Crippen molar-refractivity contribution in [2.24, 2.45) is 5.92 Å². The average Bonchev–Trinajstić information content (AvgIpc) is 2.79. The lowest BCUT2D eigenvalue weighted by atomic mass is 10.1. The number of hydrogen-bond donors (Lipinski definition) is 2. The van der Waals surface area contributed by atoms with E-state index in [1.165, 1.54) is 0 Å². The van der Waals surface area contributed by atoms with E-state index < -0.39 is 15.8 Å². The third-order valence-electron chi connectivity index (χ3n) is 2.86. The number of sulfone groups is 1. The summed E-state index contributed by atoms with van der Waals surface area (Å²) in [6.07, 6.45) is 0.658. The molecule has 1 unspecified atom stereocenters. The summed E-state index contributed by atoms with van der Waals surface area (Å²) in [6.45, 7) is 2.16. The summed E-state index contributed by atoms with van der Waals surface area (Å²) < 4.78 is 22.6. The van der Waals surface area contributed by atoms with E-state index in [1.54, 1.807) is 6.92 Å². The van der Waals surface area contributed by atoms with Gasteiger partial charge in [-0.3, -0.25) is 0 Å². The second-order valence-corrected chi connectivity index (χ2v) is 7.62. The molecule has 18 heavy (non-hydrogen) atoms. The Kier molecular flexibility index (Phi) is 3.58. The number of carboxylic acids is 1. The largest absolute Gasteiger partial charge is 0.477 e. The summed E-state index contributed by atoms with van der Waals surface area (Å²) in [7, 11) is -2.87. The number of nitrogens with zero attached hydrogens (tertiary/aromatic N) is 1. The van der Waals surface area contributed by atoms with Crippen LogP contribution in [0, 0.1) is 12.8 Å². The third-order valence-corrected chi connectivity index (χ3v) is 5.80. The lowest BCUT2D eigenvalue weighted by molar-refractivity contribution is 0.0701. The van der Waals surface area contributed by atoms with Gasteiger partial charge in [-0.1, -0.05) is 11.3 Å². The quantitative estimate of drug-likeness (QED) is 0.858. The van der Waals surface area contributed by atoms with Gasteiger partial charge >= 0.3 is 5.97 Å². The summed E-state index contributed by atoms with van der Waals surface area (Å²) in [5, 5.41) is 12.4. The molecule has 1 fully saturated rings. The fourth-order valence-corrected chi connectivity index (χ4v) is 4.61. The fraction of sp³-hybridized carbons (Fsp3) is 0.600. The maximum atomic E-state index is 11.3. The first-order valence-electron chi connectivity index (χ1n) is 5.52. The highest BCUT2D eigenvalue weighted by molar-refractivity contribution is 7.91. The Hall–Kier alpha value is -1.15. The fourth-order valence-electron chi connectivity index (χ4n) is 1.94. The van der Waals surface area contributed by atoms with Gasteiger partial charge in [-0.25, -0.2) is 18.2 Å². The van der Waals surface area contributed by atoms with Crippen LogP contribution in [-0.4, -0.2) is 42.5 Å². The van der Waals surface area contributed by atoms with Crippen LogP contribution in [0.5, 0.6) is 0 Å². The second kappa shape index (κ2) is 4.85. The molecule has 8 heteroatoms. The SMILES string of the molecule is Cc1nc(NCC2CCS(=O)(=O)C2)sc1C(=O)O. The van der Waals surface area contributed by atoms with Gasteiger partial charge in [-0.05, 0) is 19.3 Å². The molecular weight excluding hydrogens is 276 g/mol. The number of aromatic nitrogens is 1. The standard InChI is InChI=1S/C10H14N2O4S2/c1-6-8(9(13)14)17-10(12-6)11-4-7-2-3-18(15,16)5-7/h7H,2-5H2,1H3,(H,11,12)(H,13,14). The summed E-state index contributed by atoms with van der Waals surface area (Å²) in [5.74, 6) is -0.443. The molecule has 1 saturated heterocycles. The minimum absolute atomic E-state index is 0.0903. The number of nitrogens with one attached hydrogen (secondary N) is 1. The number of carbonyl (C=O) groups is 1. The Morgan fingerprint density at radius 2 is 2.33 bits per heavy atom. The van der Waals surface area contributed by atoms with Crippen LogP contribution in [-0.2, 0) is 9.84 Å². The molecule has 1 atom stereocenters. The van der Waals surface area contributed by atoms with Gasteiger partial charge in [-0.2, -0.15) is 0 Å². The molecule has 1 aromatic rings. The Balaban J connectivity index is 1.95. The predicted molar refractivity (Wildman–Crippen MR) is 69.1 cm³/mol. The molecule has 2 N–H and O–H groups in total. The van der Waals surface area contributed by atoms with E-state index >= 15 is 0 Å². The lowest BCUT2D eigenvalue weighted by Gasteiger charge is -2.07. The molecule has 1 aromatic heterocycles. The monoisotopic (exact) mass is 290 g/mol. The van der Waals surface area contributed by atoms with Crippen molar-refractivity contribution in [1.29, 1.82) is 0 Å². The van der Waals surface area contributed by atoms with Crippen LogP contribution in [0.4, 0.5) is 5.13 Å². The van der Waals surface area contributed by atoms with Crippen molar-refractivity contribution in [1.82, 2.24) is 4.98 Å². The zero-order valence-electron chi connectivity index (χ0n) is 9.84. The summed E-state index contributed by atoms with van der Waals surface area (Å²) >= 11 is 1.08. The summed E-state index contributed by atoms with van der Waals surface area (Å²) in [4.78, 5) is 15.2. The Bertz CT molecular complexity index is 564. The third kappa shape index (κ3) is 2.99. The molecule has 6 nitrogen and oxygen atoms in total. The van der Waals surface area contributed by atoms with Gasteiger partial charge in [-0.15, -0.1) is 0 Å². The van der Waals surface area contributed by atoms with Crippen molar-refractivity contribution in [2.75, 3.05) is 23.4 Å². The van der Waals surface area contributed by atoms with Crippen LogP contribution in [0.1, 0.15) is 21.8 Å². The molecule has 1 aliphatic rings. The van der Waals surface area contributed by atoms with E-state index in [4.69, 9.17) is 5.11 Å². The number of thiazole rings is 1. The van der Waals surface area contributed by atoms with Gasteiger partial charge in [0.1, 0.15) is 4.88 Å². The van der Waals surface area contributed by atoms with E-state index in [0.717, 1.165) is 11.3 Å². The summed E-state index contributed by atoms with van der Waals surface area (Å²) in [5.41, 5.74) is 0.481. The first-order chi connectivity index (χ1) is 8.37. The minimum Gasteiger partial charge on any atom is -0.477 e. The number of hydrogen-bond acceptors (Lipinski definition) is 6. The highest BCUT2D eigenvalue weighted by Crippen LogP contribution is 2.24. The van der Waals surface area contributed by atoms with Crippen LogP contribution in [0.15, 0.2) is 0 Å². The number of aromatic carboxylic acids is 1. The first kappa shape index (κ1) is 13.3. The van der Waals surface area contributed by atoms with Gasteiger partial charge in [0.25, 0.3) is 0 Å². The predicted octanol–water partition coefficient (Wildman–Crippen LogP) is 0.996. The molecule has 0 bridgehead atoms. The highest BCUT2D eigenvalue weighted by Gasteiger charge is 2.27. The Morgan fingerprint density at radius 1 is 1.61 bits per heavy atom. The van der Waals surface area contributed by atoms with Gasteiger partial charge in [0.2, 0.25) is 0 Å². The molecule has 0 spiro atoms. The zero-order valence-corrected chi connectivity index (χ0v) is 11.5. The van der Waals surface area contributed by atoms with E-state index in [0.29, 0.717) is 23.8 Å². The highest BCUT2D eigenvalue weighted by atomic mass is 32.2. The number of carboxylic acid groups (broad SMARTS) is 1. The molecule has 2 rings (SSSR count). The molecule has 0 aliphatic carbocycles. The molecular formula is C10H14N2O4S2. The van der Waals surface area contributed by atoms with Crippen molar-refractivity contribution in [3.63, 3.8) is 0 Å². The smallest absolute Gasteiger partial charge is 0.347 e. The minimum atomic E-state index is -2.87. The zero-order chi connectivity index (χ0) is 13.3. The molecule has 0 saturated carbocycles. The van der Waals surface area contributed by atoms with Crippen molar-refractivity contribution in [2.45, 2.75) is 13.3 Å². The molecule has 0 aromatic carbocycles. The van der Waals surface area contributed by atoms with Crippen molar-refractivity contribution in [3.8, 4) is 0 Å². The second-order valence-electron chi connectivity index (χ2n) is 4.39. The number of rotatable bonds is 4. The van der Waals surface area contributed by atoms with Crippen molar-refractivity contribution < 1.29 is 18.3 Å². The van der Waals surface area contributed by atoms with E-state index in [2.05, 4.69) is 10.3 Å². The van der Waals surface area contributed by atoms with E-state index in [1.807, 2.05) is 0 Å². The first-order valence-corrected chi connectivity index (χ1v) is 8.16. The van der Waals surface area contributed by atoms with Gasteiger partial charge < -0.3 is 10.4 Å². The maximum Gasteiger partial charge on any atom is 0.347 e. The van der Waals surface area contributed by atoms with Crippen molar-refractivity contribution in [3.05, 3.63) is 10.6 Å². The van der Waals surface area contributed by atoms with Gasteiger partial charge in [0, 0.05) is 6.54 Å². The molecule has 2 heterocycles. The van der Waals surface area contributed by atoms with Crippen LogP contribution >= 0.6 is 11.3 Å². The van der Waals surface area contributed by atoms with Crippen LogP contribution in [0.25, 0.3) is 0 Å². The van der Waals surface area contributed by atoms with Crippen LogP contribution < -0.4 is 5.32 Å². The van der Waals surface area contributed by atoms with Crippen LogP contribution in [0.2, 0.25) is 0 Å². The van der Waals surface area contributed by atoms with Gasteiger partial charge in [0.15, 0.2) is 15.0 Å². The van der Waals surface area contributed by atoms with E-state index in [9.17, 15) is 13.2 Å². The average molecular weight is 290 g/mol. The number of anilines is 1. The Labute approximate surface area is 109 Å². The summed E-state index contributed by atoms with van der Waals surface area (Å²) in [6, 6.07) is 0. The molecule has 1 aliphatic heterocycles. The van der Waals surface area contributed by atoms with Gasteiger partial charge in [0.05, 0.1) is 17.2 Å².